The number of ether oxygens (including phenoxy) is 1. The molecule has 0 bridgehead atoms. The molecule has 1 amide bonds. The number of para-hydroxylation sites is 1. The number of hydrogen-bond acceptors (Lipinski definition) is 6. The molecule has 0 atom stereocenters. The number of carbonyl (C=O) groups is 1. The second-order valence-corrected chi connectivity index (χ2v) is 7.38. The summed E-state index contributed by atoms with van der Waals surface area (Å²) in [6, 6.07) is 12.6. The van der Waals surface area contributed by atoms with Gasteiger partial charge in [0.2, 0.25) is 0 Å². The Morgan fingerprint density at radius 1 is 1.12 bits per heavy atom. The van der Waals surface area contributed by atoms with E-state index >= 15 is 0 Å². The average Bonchev–Trinajstić information content (AvgIpc) is 2.62. The summed E-state index contributed by atoms with van der Waals surface area (Å²) in [6.07, 6.45) is -1.34. The smallest absolute Gasteiger partial charge is 0.409 e. The van der Waals surface area contributed by atoms with E-state index in [0.717, 1.165) is 0 Å². The Labute approximate surface area is 150 Å². The first kappa shape index (κ1) is 17.7. The molecule has 0 fully saturated rings. The van der Waals surface area contributed by atoms with E-state index in [9.17, 15) is 13.2 Å². The fraction of sp³-hybridized carbons (Fsp3) is 0.176. The van der Waals surface area contributed by atoms with Crippen molar-refractivity contribution in [1.82, 2.24) is 0 Å². The zero-order chi connectivity index (χ0) is 18.6. The van der Waals surface area contributed by atoms with Gasteiger partial charge in [-0.15, -0.1) is 0 Å². The van der Waals surface area contributed by atoms with E-state index in [2.05, 4.69) is 10.5 Å². The molecule has 0 saturated carbocycles. The SMILES string of the molecule is O=C(O)Nc1ccccc1S(=O)(=O)Cc1ccccc1C1=NOCCO1. The molecule has 2 aromatic carbocycles. The molecule has 1 heterocycles. The predicted molar refractivity (Wildman–Crippen MR) is 93.9 cm³/mol. The minimum atomic E-state index is -3.83. The molecule has 0 aromatic heterocycles. The molecule has 0 unspecified atom stereocenters. The summed E-state index contributed by atoms with van der Waals surface area (Å²) in [4.78, 5) is 15.8. The predicted octanol–water partition coefficient (Wildman–Crippen LogP) is 2.46. The number of anilines is 1. The van der Waals surface area contributed by atoms with Crippen LogP contribution in [0.15, 0.2) is 58.6 Å². The molecule has 2 aromatic rings. The van der Waals surface area contributed by atoms with Crippen molar-refractivity contribution in [3.05, 3.63) is 59.7 Å². The van der Waals surface area contributed by atoms with Gasteiger partial charge in [0, 0.05) is 5.56 Å². The molecule has 0 saturated heterocycles. The topological polar surface area (TPSA) is 114 Å². The summed E-state index contributed by atoms with van der Waals surface area (Å²) in [7, 11) is -3.83. The maximum Gasteiger partial charge on any atom is 0.409 e. The first-order chi connectivity index (χ1) is 12.5. The number of amides is 1. The summed E-state index contributed by atoms with van der Waals surface area (Å²) in [5.74, 6) is -0.122. The van der Waals surface area contributed by atoms with Crippen molar-refractivity contribution in [2.75, 3.05) is 18.5 Å². The van der Waals surface area contributed by atoms with Gasteiger partial charge in [0.05, 0.1) is 16.3 Å². The van der Waals surface area contributed by atoms with Gasteiger partial charge in [-0.2, -0.15) is 0 Å². The highest BCUT2D eigenvalue weighted by Crippen LogP contribution is 2.26. The lowest BCUT2D eigenvalue weighted by atomic mass is 10.1. The highest BCUT2D eigenvalue weighted by Gasteiger charge is 2.23. The standard InChI is InChI=1S/C17H16N2O6S/c20-17(21)18-14-7-3-4-8-15(14)26(22,23)11-12-5-1-2-6-13(12)16-19-25-10-9-24-16/h1-8,18H,9-11H2,(H,20,21). The molecule has 136 valence electrons. The van der Waals surface area contributed by atoms with Crippen LogP contribution >= 0.6 is 0 Å². The van der Waals surface area contributed by atoms with Crippen molar-refractivity contribution < 1.29 is 27.9 Å². The highest BCUT2D eigenvalue weighted by atomic mass is 32.2. The quantitative estimate of drug-likeness (QED) is 0.828. The first-order valence-electron chi connectivity index (χ1n) is 7.70. The molecule has 0 aliphatic carbocycles. The Morgan fingerprint density at radius 3 is 2.58 bits per heavy atom. The fourth-order valence-corrected chi connectivity index (χ4v) is 4.08. The van der Waals surface area contributed by atoms with Gasteiger partial charge in [-0.1, -0.05) is 30.3 Å². The van der Waals surface area contributed by atoms with E-state index in [1.54, 1.807) is 30.3 Å². The lowest BCUT2D eigenvalue weighted by molar-refractivity contribution is 0.0655. The molecule has 0 radical (unpaired) electrons. The van der Waals surface area contributed by atoms with Crippen LogP contribution in [0.25, 0.3) is 0 Å². The second kappa shape index (κ2) is 7.44. The number of hydrogen-bond donors (Lipinski definition) is 2. The van der Waals surface area contributed by atoms with E-state index in [0.29, 0.717) is 24.3 Å². The molecule has 2 N–H and O–H groups in total. The summed E-state index contributed by atoms with van der Waals surface area (Å²) >= 11 is 0. The van der Waals surface area contributed by atoms with Crippen LogP contribution in [0.5, 0.6) is 0 Å². The molecule has 3 rings (SSSR count). The molecule has 0 spiro atoms. The minimum Gasteiger partial charge on any atom is -0.471 e. The van der Waals surface area contributed by atoms with E-state index in [1.807, 2.05) is 0 Å². The second-order valence-electron chi connectivity index (χ2n) is 5.42. The van der Waals surface area contributed by atoms with Gasteiger partial charge in [-0.3, -0.25) is 5.32 Å². The molecular weight excluding hydrogens is 360 g/mol. The van der Waals surface area contributed by atoms with Gasteiger partial charge in [0.1, 0.15) is 6.61 Å². The van der Waals surface area contributed by atoms with Crippen LogP contribution in [0.3, 0.4) is 0 Å². The van der Waals surface area contributed by atoms with Gasteiger partial charge >= 0.3 is 6.09 Å². The number of oxime groups is 1. The van der Waals surface area contributed by atoms with Crippen molar-refractivity contribution in [3.8, 4) is 0 Å². The lowest BCUT2D eigenvalue weighted by Crippen LogP contribution is -2.19. The first-order valence-corrected chi connectivity index (χ1v) is 9.35. The number of rotatable bonds is 5. The van der Waals surface area contributed by atoms with Gasteiger partial charge in [-0.05, 0) is 28.9 Å². The van der Waals surface area contributed by atoms with Crippen LogP contribution in [0.1, 0.15) is 11.1 Å². The fourth-order valence-electron chi connectivity index (χ4n) is 2.53. The summed E-state index contributed by atoms with van der Waals surface area (Å²) in [5, 5.41) is 14.9. The maximum absolute atomic E-state index is 12.9. The molecule has 1 aliphatic rings. The van der Waals surface area contributed by atoms with Crippen LogP contribution in [0, 0.1) is 0 Å². The molecule has 26 heavy (non-hydrogen) atoms. The van der Waals surface area contributed by atoms with Crippen LogP contribution in [0.4, 0.5) is 10.5 Å². The van der Waals surface area contributed by atoms with Crippen LogP contribution in [-0.2, 0) is 25.2 Å². The highest BCUT2D eigenvalue weighted by molar-refractivity contribution is 7.90. The zero-order valence-corrected chi connectivity index (χ0v) is 14.4. The Bertz CT molecular complexity index is 955. The normalized spacial score (nSPS) is 13.9. The van der Waals surface area contributed by atoms with Gasteiger partial charge in [-0.25, -0.2) is 13.2 Å². The van der Waals surface area contributed by atoms with Crippen molar-refractivity contribution in [1.29, 1.82) is 0 Å². The Balaban J connectivity index is 1.97. The Hall–Kier alpha value is -3.07. The molecule has 9 heteroatoms. The van der Waals surface area contributed by atoms with Crippen LogP contribution in [-0.4, -0.2) is 38.7 Å². The van der Waals surface area contributed by atoms with E-state index < -0.39 is 15.9 Å². The van der Waals surface area contributed by atoms with Crippen molar-refractivity contribution in [3.63, 3.8) is 0 Å². The van der Waals surface area contributed by atoms with Gasteiger partial charge < -0.3 is 14.7 Å². The third kappa shape index (κ3) is 3.94. The summed E-state index contributed by atoms with van der Waals surface area (Å²) in [6.45, 7) is 0.656. The van der Waals surface area contributed by atoms with Crippen molar-refractivity contribution in [2.24, 2.45) is 5.16 Å². The van der Waals surface area contributed by atoms with E-state index in [1.165, 1.54) is 18.2 Å². The largest absolute Gasteiger partial charge is 0.471 e. The Kier molecular flexibility index (Phi) is 5.08. The monoisotopic (exact) mass is 376 g/mol. The molecule has 1 aliphatic heterocycles. The van der Waals surface area contributed by atoms with Crippen molar-refractivity contribution in [2.45, 2.75) is 10.6 Å². The van der Waals surface area contributed by atoms with E-state index in [-0.39, 0.29) is 22.2 Å². The summed E-state index contributed by atoms with van der Waals surface area (Å²) < 4.78 is 31.2. The number of sulfone groups is 1. The number of nitrogens with zero attached hydrogens (tertiary/aromatic N) is 1. The number of benzene rings is 2. The summed E-state index contributed by atoms with van der Waals surface area (Å²) in [5.41, 5.74) is 0.994. The Morgan fingerprint density at radius 2 is 1.85 bits per heavy atom. The maximum atomic E-state index is 12.9. The molecular formula is C17H16N2O6S. The zero-order valence-electron chi connectivity index (χ0n) is 13.6. The third-order valence-electron chi connectivity index (χ3n) is 3.62. The van der Waals surface area contributed by atoms with Gasteiger partial charge in [0.25, 0.3) is 5.90 Å². The molecule has 8 nitrogen and oxygen atoms in total. The van der Waals surface area contributed by atoms with E-state index in [4.69, 9.17) is 14.7 Å². The van der Waals surface area contributed by atoms with Gasteiger partial charge in [0.15, 0.2) is 16.4 Å². The number of carboxylic acid groups (broad SMARTS) is 1. The minimum absolute atomic E-state index is 0.00655. The van der Waals surface area contributed by atoms with Crippen LogP contribution in [0.2, 0.25) is 0 Å². The average molecular weight is 376 g/mol. The van der Waals surface area contributed by atoms with Crippen LogP contribution < -0.4 is 5.32 Å². The van der Waals surface area contributed by atoms with Crippen molar-refractivity contribution >= 4 is 27.5 Å². The number of nitrogens with one attached hydrogen (secondary N) is 1. The third-order valence-corrected chi connectivity index (χ3v) is 5.34. The lowest BCUT2D eigenvalue weighted by Gasteiger charge is -2.16.